The van der Waals surface area contributed by atoms with Gasteiger partial charge in [-0.2, -0.15) is 10.4 Å². The van der Waals surface area contributed by atoms with Gasteiger partial charge in [-0.25, -0.2) is 9.67 Å². The molecule has 0 aliphatic rings. The van der Waals surface area contributed by atoms with Gasteiger partial charge >= 0.3 is 0 Å². The Hall–Kier alpha value is -2.83. The number of fused-ring (bicyclic) bond motifs is 3. The van der Waals surface area contributed by atoms with E-state index in [0.29, 0.717) is 27.6 Å². The molecule has 130 valence electrons. The maximum absolute atomic E-state index is 12.9. The molecule has 0 bridgehead atoms. The smallest absolute Gasteiger partial charge is 0.291 e. The summed E-state index contributed by atoms with van der Waals surface area (Å²) < 4.78 is 16.2. The van der Waals surface area contributed by atoms with Crippen molar-refractivity contribution in [2.45, 2.75) is 10.9 Å². The molecule has 0 aliphatic heterocycles. The van der Waals surface area contributed by atoms with E-state index in [0.717, 1.165) is 15.6 Å². The highest BCUT2D eigenvalue weighted by Crippen LogP contribution is 2.31. The van der Waals surface area contributed by atoms with Gasteiger partial charge < -0.3 is 4.57 Å². The predicted octanol–water partition coefficient (Wildman–Crippen LogP) is 2.00. The van der Waals surface area contributed by atoms with Crippen LogP contribution in [0.1, 0.15) is 11.1 Å². The molecule has 9 heteroatoms. The lowest BCUT2D eigenvalue weighted by atomic mass is 10.1. The number of hydrogen-bond donors (Lipinski definition) is 0. The van der Waals surface area contributed by atoms with Crippen LogP contribution >= 0.6 is 11.3 Å². The number of nitrogens with zero attached hydrogens (tertiary/aromatic N) is 5. The molecule has 0 spiro atoms. The summed E-state index contributed by atoms with van der Waals surface area (Å²) in [4.78, 5) is 17.3. The second-order valence-corrected chi connectivity index (χ2v) is 8.38. The zero-order valence-electron chi connectivity index (χ0n) is 14.0. The van der Waals surface area contributed by atoms with Crippen molar-refractivity contribution in [1.29, 1.82) is 5.26 Å². The molecule has 3 heterocycles. The molecule has 0 radical (unpaired) electrons. The van der Waals surface area contributed by atoms with Crippen LogP contribution in [0.4, 0.5) is 0 Å². The third-order valence-corrected chi connectivity index (χ3v) is 6.58. The number of nitriles is 1. The SMILES string of the molecule is Cn1c2nc(S(C)=O)sc2c2cnn(Cc3ccc(C#N)cc3)c(=O)c21. The van der Waals surface area contributed by atoms with Crippen LogP contribution in [-0.4, -0.2) is 29.8 Å². The minimum Gasteiger partial charge on any atom is -0.323 e. The second-order valence-electron chi connectivity index (χ2n) is 5.82. The summed E-state index contributed by atoms with van der Waals surface area (Å²) in [5.74, 6) is 0. The van der Waals surface area contributed by atoms with Gasteiger partial charge in [0.15, 0.2) is 9.99 Å². The van der Waals surface area contributed by atoms with Gasteiger partial charge in [0.05, 0.1) is 39.9 Å². The topological polar surface area (TPSA) is 93.6 Å². The van der Waals surface area contributed by atoms with E-state index in [4.69, 9.17) is 5.26 Å². The zero-order valence-corrected chi connectivity index (χ0v) is 15.6. The predicted molar refractivity (Wildman–Crippen MR) is 101 cm³/mol. The fourth-order valence-corrected chi connectivity index (χ4v) is 4.64. The number of rotatable bonds is 3. The maximum Gasteiger partial charge on any atom is 0.291 e. The minimum absolute atomic E-state index is 0.210. The van der Waals surface area contributed by atoms with Gasteiger partial charge in [-0.1, -0.05) is 12.1 Å². The summed E-state index contributed by atoms with van der Waals surface area (Å²) in [5, 5.41) is 13.9. The third-order valence-electron chi connectivity index (χ3n) is 4.17. The van der Waals surface area contributed by atoms with Gasteiger partial charge in [-0.3, -0.25) is 9.00 Å². The van der Waals surface area contributed by atoms with Gasteiger partial charge in [0.2, 0.25) is 0 Å². The molecule has 1 unspecified atom stereocenters. The van der Waals surface area contributed by atoms with Crippen LogP contribution in [0.3, 0.4) is 0 Å². The number of hydrogen-bond acceptors (Lipinski definition) is 6. The van der Waals surface area contributed by atoms with Gasteiger partial charge in [0.1, 0.15) is 5.52 Å². The lowest BCUT2D eigenvalue weighted by Gasteiger charge is -2.06. The van der Waals surface area contributed by atoms with Crippen molar-refractivity contribution in [3.05, 3.63) is 51.9 Å². The largest absolute Gasteiger partial charge is 0.323 e. The molecule has 0 amide bonds. The van der Waals surface area contributed by atoms with Crippen molar-refractivity contribution in [1.82, 2.24) is 19.3 Å². The van der Waals surface area contributed by atoms with Crippen LogP contribution in [0.25, 0.3) is 21.3 Å². The van der Waals surface area contributed by atoms with Gasteiger partial charge in [-0.05, 0) is 17.7 Å². The van der Waals surface area contributed by atoms with Crippen molar-refractivity contribution in [2.75, 3.05) is 6.26 Å². The van der Waals surface area contributed by atoms with Gasteiger partial charge in [0, 0.05) is 18.7 Å². The van der Waals surface area contributed by atoms with Crippen molar-refractivity contribution in [2.24, 2.45) is 7.05 Å². The average molecular weight is 383 g/mol. The Morgan fingerprint density at radius 3 is 2.69 bits per heavy atom. The lowest BCUT2D eigenvalue weighted by molar-refractivity contribution is 0.644. The lowest BCUT2D eigenvalue weighted by Crippen LogP contribution is -2.24. The molecule has 26 heavy (non-hydrogen) atoms. The normalized spacial score (nSPS) is 12.5. The Labute approximate surface area is 154 Å². The molecule has 7 nitrogen and oxygen atoms in total. The Bertz CT molecular complexity index is 1280. The van der Waals surface area contributed by atoms with E-state index >= 15 is 0 Å². The molecular formula is C17H13N5O2S2. The van der Waals surface area contributed by atoms with Crippen LogP contribution in [0.5, 0.6) is 0 Å². The first-order valence-electron chi connectivity index (χ1n) is 7.67. The van der Waals surface area contributed by atoms with E-state index < -0.39 is 10.8 Å². The Morgan fingerprint density at radius 2 is 2.04 bits per heavy atom. The molecule has 0 saturated heterocycles. The molecule has 0 aliphatic carbocycles. The van der Waals surface area contributed by atoms with Crippen LogP contribution in [-0.2, 0) is 24.4 Å². The molecular weight excluding hydrogens is 370 g/mol. The molecule has 0 fully saturated rings. The summed E-state index contributed by atoms with van der Waals surface area (Å²) in [6.07, 6.45) is 3.24. The van der Waals surface area contributed by atoms with E-state index in [1.165, 1.54) is 16.0 Å². The van der Waals surface area contributed by atoms with Crippen LogP contribution < -0.4 is 5.56 Å². The summed E-state index contributed by atoms with van der Waals surface area (Å²) in [7, 11) is 0.615. The number of thiazole rings is 1. The monoisotopic (exact) mass is 383 g/mol. The van der Waals surface area contributed by atoms with Crippen molar-refractivity contribution in [3.8, 4) is 6.07 Å². The summed E-state index contributed by atoms with van der Waals surface area (Å²) in [6, 6.07) is 9.12. The molecule has 4 rings (SSSR count). The highest BCUT2D eigenvalue weighted by Gasteiger charge is 2.19. The molecule has 3 aromatic heterocycles. The van der Waals surface area contributed by atoms with Crippen molar-refractivity contribution in [3.63, 3.8) is 0 Å². The fourth-order valence-electron chi connectivity index (χ4n) is 2.86. The van der Waals surface area contributed by atoms with E-state index in [-0.39, 0.29) is 5.56 Å². The maximum atomic E-state index is 12.9. The summed E-state index contributed by atoms with van der Waals surface area (Å²) in [5.41, 5.74) is 2.41. The molecule has 4 aromatic rings. The highest BCUT2D eigenvalue weighted by molar-refractivity contribution is 7.86. The van der Waals surface area contributed by atoms with Gasteiger partial charge in [-0.15, -0.1) is 11.3 Å². The fraction of sp³-hybridized carbons (Fsp3) is 0.176. The number of aryl methyl sites for hydroxylation is 1. The van der Waals surface area contributed by atoms with Crippen LogP contribution in [0.2, 0.25) is 0 Å². The first kappa shape index (κ1) is 16.6. The van der Waals surface area contributed by atoms with Crippen LogP contribution in [0, 0.1) is 11.3 Å². The quantitative estimate of drug-likeness (QED) is 0.539. The zero-order chi connectivity index (χ0) is 18.4. The summed E-state index contributed by atoms with van der Waals surface area (Å²) in [6.45, 7) is 0.316. The first-order chi connectivity index (χ1) is 12.5. The van der Waals surface area contributed by atoms with Crippen molar-refractivity contribution < 1.29 is 4.21 Å². The molecule has 1 aromatic carbocycles. The van der Waals surface area contributed by atoms with E-state index in [9.17, 15) is 9.00 Å². The van der Waals surface area contributed by atoms with Crippen LogP contribution in [0.15, 0.2) is 39.6 Å². The van der Waals surface area contributed by atoms with Crippen molar-refractivity contribution >= 4 is 43.4 Å². The second kappa shape index (κ2) is 6.16. The van der Waals surface area contributed by atoms with E-state index in [2.05, 4.69) is 16.2 Å². The molecule has 1 atom stereocenters. The third kappa shape index (κ3) is 2.55. The standard InChI is InChI=1S/C17H13N5O2S2/c1-21-13-12(14-15(21)20-17(25-14)26(2)24)8-19-22(16(13)23)9-11-5-3-10(7-18)4-6-11/h3-6,8H,9H2,1-2H3. The Morgan fingerprint density at radius 1 is 1.31 bits per heavy atom. The Balaban J connectivity index is 1.84. The number of benzene rings is 1. The Kier molecular flexibility index (Phi) is 3.94. The minimum atomic E-state index is -1.16. The van der Waals surface area contributed by atoms with Gasteiger partial charge in [0.25, 0.3) is 5.56 Å². The number of aromatic nitrogens is 4. The summed E-state index contributed by atoms with van der Waals surface area (Å²) >= 11 is 1.33. The molecule has 0 N–H and O–H groups in total. The highest BCUT2D eigenvalue weighted by atomic mass is 32.2. The van der Waals surface area contributed by atoms with E-state index in [1.54, 1.807) is 36.2 Å². The average Bonchev–Trinajstić information content (AvgIpc) is 3.18. The first-order valence-corrected chi connectivity index (χ1v) is 10.0. The van der Waals surface area contributed by atoms with E-state index in [1.807, 2.05) is 12.1 Å². The molecule has 0 saturated carbocycles.